The summed E-state index contributed by atoms with van der Waals surface area (Å²) >= 11 is 0. The smallest absolute Gasteiger partial charge is 0.188 e. The van der Waals surface area contributed by atoms with E-state index in [1.54, 1.807) is 12.3 Å². The van der Waals surface area contributed by atoms with Crippen molar-refractivity contribution in [2.24, 2.45) is 0 Å². The number of halogens is 1. The Bertz CT molecular complexity index is 578. The highest BCUT2D eigenvalue weighted by Gasteiger charge is 2.14. The van der Waals surface area contributed by atoms with Crippen molar-refractivity contribution in [1.29, 1.82) is 0 Å². The molecule has 1 aromatic carbocycles. The largest absolute Gasteiger partial charge is 0.496 e. The summed E-state index contributed by atoms with van der Waals surface area (Å²) in [6, 6.07) is 5.68. The molecule has 2 aromatic rings. The summed E-state index contributed by atoms with van der Waals surface area (Å²) in [5.41, 5.74) is 1.06. The van der Waals surface area contributed by atoms with E-state index in [2.05, 4.69) is 5.10 Å². The number of nitrogens with zero attached hydrogens (tertiary/aromatic N) is 2. The van der Waals surface area contributed by atoms with Gasteiger partial charge in [-0.15, -0.1) is 0 Å². The number of carbonyl (C=O) groups excluding carboxylic acids is 1. The fraction of sp³-hybridized carbons (Fsp3) is 0.231. The minimum absolute atomic E-state index is 0.0631. The number of hydrogen-bond acceptors (Lipinski definition) is 3. The summed E-state index contributed by atoms with van der Waals surface area (Å²) in [5.74, 6) is -0.337. The van der Waals surface area contributed by atoms with Crippen molar-refractivity contribution < 1.29 is 13.9 Å². The lowest BCUT2D eigenvalue weighted by Gasteiger charge is -2.07. The van der Waals surface area contributed by atoms with Gasteiger partial charge in [0.1, 0.15) is 18.1 Å². The van der Waals surface area contributed by atoms with Gasteiger partial charge in [-0.2, -0.15) is 5.10 Å². The van der Waals surface area contributed by atoms with E-state index in [0.717, 1.165) is 5.69 Å². The standard InChI is InChI=1S/C13H13FN2O2/c1-9-5-6-16(15-9)8-12(17)11-7-10(14)3-4-13(11)18-2/h3-7H,8H2,1-2H3. The van der Waals surface area contributed by atoms with Gasteiger partial charge >= 0.3 is 0 Å². The Morgan fingerprint density at radius 1 is 1.44 bits per heavy atom. The minimum atomic E-state index is -0.462. The summed E-state index contributed by atoms with van der Waals surface area (Å²) in [6.45, 7) is 1.90. The fourth-order valence-electron chi connectivity index (χ4n) is 1.68. The number of methoxy groups -OCH3 is 1. The zero-order valence-corrected chi connectivity index (χ0v) is 10.2. The molecule has 0 aliphatic heterocycles. The Morgan fingerprint density at radius 3 is 2.83 bits per heavy atom. The first-order chi connectivity index (χ1) is 8.60. The molecule has 0 radical (unpaired) electrons. The highest BCUT2D eigenvalue weighted by atomic mass is 19.1. The van der Waals surface area contributed by atoms with Crippen LogP contribution >= 0.6 is 0 Å². The van der Waals surface area contributed by atoms with Gasteiger partial charge in [-0.25, -0.2) is 4.39 Å². The third kappa shape index (κ3) is 2.56. The molecule has 0 saturated carbocycles. The molecule has 1 aromatic heterocycles. The van der Waals surface area contributed by atoms with Crippen LogP contribution in [-0.4, -0.2) is 22.7 Å². The number of hydrogen-bond donors (Lipinski definition) is 0. The molecule has 0 saturated heterocycles. The van der Waals surface area contributed by atoms with Crippen molar-refractivity contribution in [3.8, 4) is 5.75 Å². The fourth-order valence-corrected chi connectivity index (χ4v) is 1.68. The van der Waals surface area contributed by atoms with Crippen molar-refractivity contribution in [2.45, 2.75) is 13.5 Å². The lowest BCUT2D eigenvalue weighted by atomic mass is 10.1. The van der Waals surface area contributed by atoms with E-state index in [-0.39, 0.29) is 17.9 Å². The predicted octanol–water partition coefficient (Wildman–Crippen LogP) is 2.22. The van der Waals surface area contributed by atoms with Gasteiger partial charge < -0.3 is 4.74 Å². The van der Waals surface area contributed by atoms with Crippen LogP contribution in [0.25, 0.3) is 0 Å². The molecule has 0 bridgehead atoms. The molecule has 0 atom stereocenters. The zero-order valence-electron chi connectivity index (χ0n) is 10.2. The molecule has 5 heteroatoms. The summed E-state index contributed by atoms with van der Waals surface area (Å²) < 4.78 is 19.7. The topological polar surface area (TPSA) is 44.1 Å². The zero-order chi connectivity index (χ0) is 13.1. The number of aromatic nitrogens is 2. The number of rotatable bonds is 4. The van der Waals surface area contributed by atoms with E-state index >= 15 is 0 Å². The van der Waals surface area contributed by atoms with Crippen LogP contribution in [-0.2, 0) is 6.54 Å². The van der Waals surface area contributed by atoms with Gasteiger partial charge in [-0.3, -0.25) is 9.48 Å². The van der Waals surface area contributed by atoms with Crippen LogP contribution in [0.2, 0.25) is 0 Å². The Morgan fingerprint density at radius 2 is 2.22 bits per heavy atom. The molecule has 0 N–H and O–H groups in total. The maximum Gasteiger partial charge on any atom is 0.188 e. The SMILES string of the molecule is COc1ccc(F)cc1C(=O)Cn1ccc(C)n1. The minimum Gasteiger partial charge on any atom is -0.496 e. The van der Waals surface area contributed by atoms with Gasteiger partial charge in [0.2, 0.25) is 0 Å². The average molecular weight is 248 g/mol. The van der Waals surface area contributed by atoms with Crippen molar-refractivity contribution in [1.82, 2.24) is 9.78 Å². The highest BCUT2D eigenvalue weighted by molar-refractivity contribution is 5.98. The van der Waals surface area contributed by atoms with Crippen LogP contribution in [0.1, 0.15) is 16.1 Å². The van der Waals surface area contributed by atoms with E-state index in [1.807, 2.05) is 6.92 Å². The summed E-state index contributed by atoms with van der Waals surface area (Å²) in [4.78, 5) is 12.0. The monoisotopic (exact) mass is 248 g/mol. The van der Waals surface area contributed by atoms with Crippen molar-refractivity contribution in [3.63, 3.8) is 0 Å². The van der Waals surface area contributed by atoms with Crippen LogP contribution < -0.4 is 4.74 Å². The molecule has 18 heavy (non-hydrogen) atoms. The second-order valence-electron chi connectivity index (χ2n) is 3.92. The van der Waals surface area contributed by atoms with Crippen LogP contribution in [0.15, 0.2) is 30.5 Å². The first kappa shape index (κ1) is 12.3. The maximum atomic E-state index is 13.2. The average Bonchev–Trinajstić information content (AvgIpc) is 2.74. The summed E-state index contributed by atoms with van der Waals surface area (Å²) in [5, 5.41) is 4.12. The lowest BCUT2D eigenvalue weighted by molar-refractivity contribution is 0.0964. The number of carbonyl (C=O) groups is 1. The maximum absolute atomic E-state index is 13.2. The van der Waals surface area contributed by atoms with Crippen molar-refractivity contribution in [2.75, 3.05) is 7.11 Å². The van der Waals surface area contributed by atoms with Gasteiger partial charge in [0.25, 0.3) is 0 Å². The van der Waals surface area contributed by atoms with Crippen LogP contribution in [0.3, 0.4) is 0 Å². The van der Waals surface area contributed by atoms with Gasteiger partial charge in [-0.05, 0) is 31.2 Å². The molecule has 94 valence electrons. The molecule has 2 rings (SSSR count). The molecule has 4 nitrogen and oxygen atoms in total. The van der Waals surface area contributed by atoms with Crippen molar-refractivity contribution >= 4 is 5.78 Å². The number of ether oxygens (including phenoxy) is 1. The van der Waals surface area contributed by atoms with Crippen LogP contribution in [0, 0.1) is 12.7 Å². The molecule has 0 unspecified atom stereocenters. The third-order valence-electron chi connectivity index (χ3n) is 2.54. The molecule has 0 aliphatic carbocycles. The highest BCUT2D eigenvalue weighted by Crippen LogP contribution is 2.20. The van der Waals surface area contributed by atoms with Crippen molar-refractivity contribution in [3.05, 3.63) is 47.5 Å². The van der Waals surface area contributed by atoms with E-state index in [9.17, 15) is 9.18 Å². The van der Waals surface area contributed by atoms with E-state index in [1.165, 1.54) is 30.0 Å². The predicted molar refractivity (Wildman–Crippen MR) is 64.2 cm³/mol. The van der Waals surface area contributed by atoms with E-state index < -0.39 is 5.82 Å². The van der Waals surface area contributed by atoms with Gasteiger partial charge in [0.15, 0.2) is 5.78 Å². The number of aryl methyl sites for hydroxylation is 1. The van der Waals surface area contributed by atoms with E-state index in [0.29, 0.717) is 5.75 Å². The normalized spacial score (nSPS) is 10.4. The summed E-state index contributed by atoms with van der Waals surface area (Å²) in [7, 11) is 1.45. The quantitative estimate of drug-likeness (QED) is 0.779. The molecule has 1 heterocycles. The first-order valence-electron chi connectivity index (χ1n) is 5.47. The Balaban J connectivity index is 2.25. The molecule has 0 amide bonds. The summed E-state index contributed by atoms with van der Waals surface area (Å²) in [6.07, 6.45) is 1.71. The number of benzene rings is 1. The third-order valence-corrected chi connectivity index (χ3v) is 2.54. The van der Waals surface area contributed by atoms with Gasteiger partial charge in [0, 0.05) is 6.20 Å². The molecular formula is C13H13FN2O2. The van der Waals surface area contributed by atoms with Gasteiger partial charge in [-0.1, -0.05) is 0 Å². The van der Waals surface area contributed by atoms with E-state index in [4.69, 9.17) is 4.74 Å². The van der Waals surface area contributed by atoms with Crippen LogP contribution in [0.5, 0.6) is 5.75 Å². The molecule has 0 spiro atoms. The number of ketones is 1. The van der Waals surface area contributed by atoms with Crippen LogP contribution in [0.4, 0.5) is 4.39 Å². The Labute approximate surface area is 104 Å². The second-order valence-corrected chi connectivity index (χ2v) is 3.92. The molecule has 0 fully saturated rings. The molecular weight excluding hydrogens is 235 g/mol. The first-order valence-corrected chi connectivity index (χ1v) is 5.47. The Kier molecular flexibility index (Phi) is 3.41. The molecule has 0 aliphatic rings. The number of Topliss-reactive ketones (excluding diaryl/α,β-unsaturated/α-hetero) is 1. The lowest BCUT2D eigenvalue weighted by Crippen LogP contribution is -2.12. The van der Waals surface area contributed by atoms with Gasteiger partial charge in [0.05, 0.1) is 18.4 Å². The Hall–Kier alpha value is -2.17. The second kappa shape index (κ2) is 5.00.